The van der Waals surface area contributed by atoms with Crippen LogP contribution in [-0.2, 0) is 0 Å². The van der Waals surface area contributed by atoms with Crippen molar-refractivity contribution < 1.29 is 15.1 Å². The average molecular weight is 310 g/mol. The third-order valence-corrected chi connectivity index (χ3v) is 3.51. The fourth-order valence-corrected chi connectivity index (χ4v) is 2.22. The van der Waals surface area contributed by atoms with E-state index in [1.807, 2.05) is 9.62 Å². The molecule has 0 aromatic rings. The van der Waals surface area contributed by atoms with Crippen molar-refractivity contribution in [3.63, 3.8) is 0 Å². The van der Waals surface area contributed by atoms with Crippen molar-refractivity contribution in [1.29, 1.82) is 0 Å². The third-order valence-electron chi connectivity index (χ3n) is 3.51. The molecule has 0 aliphatic carbocycles. The van der Waals surface area contributed by atoms with Crippen LogP contribution in [0.4, 0.5) is 0 Å². The van der Waals surface area contributed by atoms with E-state index in [1.54, 1.807) is 20.5 Å². The van der Waals surface area contributed by atoms with Crippen LogP contribution in [0.15, 0.2) is 0 Å². The van der Waals surface area contributed by atoms with Gasteiger partial charge in [-0.1, -0.05) is 0 Å². The van der Waals surface area contributed by atoms with E-state index in [1.165, 1.54) is 0 Å². The van der Waals surface area contributed by atoms with Crippen molar-refractivity contribution in [3.8, 4) is 0 Å². The average Bonchev–Trinajstić information content (AvgIpc) is 2.43. The lowest BCUT2D eigenvalue weighted by atomic mass is 9.83. The van der Waals surface area contributed by atoms with Gasteiger partial charge < -0.3 is 34.8 Å². The summed E-state index contributed by atoms with van der Waals surface area (Å²) >= 11 is 0. The largest absolute Gasteiger partial charge is 0.437 e. The van der Waals surface area contributed by atoms with Crippen LogP contribution in [0.1, 0.15) is 12.8 Å². The van der Waals surface area contributed by atoms with Gasteiger partial charge in [-0.15, -0.1) is 0 Å². The summed E-state index contributed by atoms with van der Waals surface area (Å²) in [5, 5.41) is 31.5. The Kier molecular flexibility index (Phi) is 12.6. The molecule has 0 saturated heterocycles. The van der Waals surface area contributed by atoms with E-state index in [2.05, 4.69) is 10.1 Å². The molecule has 7 nitrogen and oxygen atoms in total. The molecule has 0 atom stereocenters. The van der Waals surface area contributed by atoms with Crippen molar-refractivity contribution in [3.05, 3.63) is 11.4 Å². The smallest absolute Gasteiger partial charge is 0.376 e. The summed E-state index contributed by atoms with van der Waals surface area (Å²) in [5.41, 5.74) is 0. The molecule has 4 N–H and O–H groups in total. The Hall–Kier alpha value is -0.555. The highest BCUT2D eigenvalue weighted by molar-refractivity contribution is 6.46. The van der Waals surface area contributed by atoms with Gasteiger partial charge in [0.25, 0.3) is 0 Å². The molecule has 124 valence electrons. The number of nitrogens with one attached hydrogen (secondary N) is 1. The molecule has 0 spiro atoms. The van der Waals surface area contributed by atoms with Gasteiger partial charge in [-0.2, -0.15) is 0 Å². The second kappa shape index (κ2) is 12.9. The fraction of sp³-hybridized carbons (Fsp3) is 0.917. The SMILES string of the molecule is [C-]#[N+]CCN(CCCN(CCCNB(C)O)B(C)O)B(C)O. The first-order valence-electron chi connectivity index (χ1n) is 7.97. The van der Waals surface area contributed by atoms with Crippen LogP contribution in [0.25, 0.3) is 4.85 Å². The molecule has 0 aromatic carbocycles. The Morgan fingerprint density at radius 3 is 1.86 bits per heavy atom. The number of rotatable bonds is 13. The summed E-state index contributed by atoms with van der Waals surface area (Å²) in [6, 6.07) is 0. The van der Waals surface area contributed by atoms with Gasteiger partial charge in [0.15, 0.2) is 0 Å². The highest BCUT2D eigenvalue weighted by atomic mass is 16.2. The maximum Gasteiger partial charge on any atom is 0.376 e. The number of hydrogen-bond acceptors (Lipinski definition) is 6. The lowest BCUT2D eigenvalue weighted by molar-refractivity contribution is 0.320. The quantitative estimate of drug-likeness (QED) is 0.203. The van der Waals surface area contributed by atoms with Crippen LogP contribution in [0.5, 0.6) is 0 Å². The van der Waals surface area contributed by atoms with Gasteiger partial charge in [-0.05, 0) is 59.5 Å². The second-order valence-electron chi connectivity index (χ2n) is 5.55. The Morgan fingerprint density at radius 2 is 1.41 bits per heavy atom. The van der Waals surface area contributed by atoms with E-state index in [0.717, 1.165) is 25.9 Å². The van der Waals surface area contributed by atoms with Crippen molar-refractivity contribution in [2.24, 2.45) is 0 Å². The Bertz CT molecular complexity index is 316. The first-order valence-corrected chi connectivity index (χ1v) is 7.97. The second-order valence-corrected chi connectivity index (χ2v) is 5.55. The van der Waals surface area contributed by atoms with Crippen molar-refractivity contribution in [2.75, 3.05) is 39.3 Å². The Morgan fingerprint density at radius 1 is 0.909 bits per heavy atom. The molecule has 0 radical (unpaired) electrons. The topological polar surface area (TPSA) is 83.6 Å². The van der Waals surface area contributed by atoms with E-state index >= 15 is 0 Å². The predicted octanol–water partition coefficient (Wildman–Crippen LogP) is -0.790. The Labute approximate surface area is 135 Å². The molecule has 0 heterocycles. The number of hydrogen-bond donors (Lipinski definition) is 4. The zero-order valence-corrected chi connectivity index (χ0v) is 14.1. The van der Waals surface area contributed by atoms with Gasteiger partial charge in [-0.3, -0.25) is 0 Å². The molecular weight excluding hydrogens is 281 g/mol. The molecule has 0 aliphatic rings. The minimum absolute atomic E-state index is 0.385. The molecule has 0 amide bonds. The summed E-state index contributed by atoms with van der Waals surface area (Å²) in [4.78, 5) is 7.15. The van der Waals surface area contributed by atoms with E-state index in [4.69, 9.17) is 11.6 Å². The van der Waals surface area contributed by atoms with Crippen molar-refractivity contribution in [2.45, 2.75) is 33.3 Å². The van der Waals surface area contributed by atoms with Crippen molar-refractivity contribution in [1.82, 2.24) is 14.8 Å². The van der Waals surface area contributed by atoms with Gasteiger partial charge in [0.05, 0.1) is 6.54 Å². The lowest BCUT2D eigenvalue weighted by Gasteiger charge is -2.26. The normalized spacial score (nSPS) is 10.9. The monoisotopic (exact) mass is 310 g/mol. The molecule has 10 heteroatoms. The molecule has 0 fully saturated rings. The molecule has 0 bridgehead atoms. The number of nitrogens with zero attached hydrogens (tertiary/aromatic N) is 3. The summed E-state index contributed by atoms with van der Waals surface area (Å²) in [6.07, 6.45) is 1.66. The van der Waals surface area contributed by atoms with Crippen LogP contribution < -0.4 is 5.23 Å². The van der Waals surface area contributed by atoms with E-state index in [-0.39, 0.29) is 0 Å². The summed E-state index contributed by atoms with van der Waals surface area (Å²) < 4.78 is 0. The summed E-state index contributed by atoms with van der Waals surface area (Å²) in [6.45, 7) is 15.8. The minimum Gasteiger partial charge on any atom is -0.437 e. The zero-order valence-electron chi connectivity index (χ0n) is 14.1. The summed E-state index contributed by atoms with van der Waals surface area (Å²) in [7, 11) is -1.59. The van der Waals surface area contributed by atoms with Gasteiger partial charge in [0.1, 0.15) is 0 Å². The van der Waals surface area contributed by atoms with E-state index in [9.17, 15) is 10.0 Å². The van der Waals surface area contributed by atoms with Crippen LogP contribution in [0.3, 0.4) is 0 Å². The zero-order chi connectivity index (χ0) is 17.0. The maximum atomic E-state index is 9.79. The predicted molar refractivity (Wildman–Crippen MR) is 93.4 cm³/mol. The first-order chi connectivity index (χ1) is 10.4. The van der Waals surface area contributed by atoms with Crippen LogP contribution in [0, 0.1) is 6.57 Å². The van der Waals surface area contributed by atoms with Gasteiger partial charge in [0, 0.05) is 0 Å². The standard InChI is InChI=1S/C12H29B3N4O3/c1-13(20)17-7-5-9-18(14(2)21)10-6-11-19(15(3)22)12-8-16-4/h17,20-22H,5-12H2,1-3H3. The molecule has 0 saturated carbocycles. The van der Waals surface area contributed by atoms with Gasteiger partial charge >= 0.3 is 21.2 Å². The van der Waals surface area contributed by atoms with E-state index < -0.39 is 21.2 Å². The summed E-state index contributed by atoms with van der Waals surface area (Å²) in [5.74, 6) is 0. The van der Waals surface area contributed by atoms with Gasteiger partial charge in [0.2, 0.25) is 6.54 Å². The molecule has 22 heavy (non-hydrogen) atoms. The van der Waals surface area contributed by atoms with Crippen LogP contribution in [0.2, 0.25) is 20.5 Å². The molecule has 0 aliphatic heterocycles. The highest BCUT2D eigenvalue weighted by Gasteiger charge is 2.19. The van der Waals surface area contributed by atoms with E-state index in [0.29, 0.717) is 26.2 Å². The lowest BCUT2D eigenvalue weighted by Crippen LogP contribution is -2.43. The molecule has 0 rings (SSSR count). The van der Waals surface area contributed by atoms with Gasteiger partial charge in [-0.25, -0.2) is 6.57 Å². The van der Waals surface area contributed by atoms with Crippen LogP contribution >= 0.6 is 0 Å². The molecular formula is C12H29B3N4O3. The molecule has 0 unspecified atom stereocenters. The fourth-order valence-electron chi connectivity index (χ4n) is 2.22. The first kappa shape index (κ1) is 21.4. The highest BCUT2D eigenvalue weighted by Crippen LogP contribution is 2.00. The van der Waals surface area contributed by atoms with Crippen LogP contribution in [-0.4, -0.2) is 85.1 Å². The molecule has 0 aromatic heterocycles. The van der Waals surface area contributed by atoms with Crippen molar-refractivity contribution >= 4 is 21.2 Å². The Balaban J connectivity index is 4.04. The minimum atomic E-state index is -0.558. The third kappa shape index (κ3) is 11.1. The maximum absolute atomic E-state index is 9.79.